The molecule has 0 saturated carbocycles. The molecule has 132 valence electrons. The maximum Gasteiger partial charge on any atom is 0.312 e. The van der Waals surface area contributed by atoms with Crippen LogP contribution >= 0.6 is 0 Å². The first-order valence-corrected chi connectivity index (χ1v) is 7.81. The number of aryl methyl sites for hydroxylation is 1. The number of aromatic nitrogens is 4. The lowest BCUT2D eigenvalue weighted by molar-refractivity contribution is -0.386. The van der Waals surface area contributed by atoms with Gasteiger partial charge in [0.2, 0.25) is 5.91 Å². The van der Waals surface area contributed by atoms with Gasteiger partial charge in [-0.2, -0.15) is 5.10 Å². The zero-order chi connectivity index (χ0) is 18.7. The lowest BCUT2D eigenvalue weighted by Crippen LogP contribution is -2.20. The van der Waals surface area contributed by atoms with E-state index >= 15 is 0 Å². The summed E-state index contributed by atoms with van der Waals surface area (Å²) in [6.45, 7) is 2.96. The van der Waals surface area contributed by atoms with Crippen molar-refractivity contribution in [3.05, 3.63) is 64.2 Å². The summed E-state index contributed by atoms with van der Waals surface area (Å²) in [5.74, 6) is 0.180. The van der Waals surface area contributed by atoms with Gasteiger partial charge in [-0.3, -0.25) is 19.6 Å². The van der Waals surface area contributed by atoms with Gasteiger partial charge in [0.1, 0.15) is 17.9 Å². The zero-order valence-corrected chi connectivity index (χ0v) is 14.2. The van der Waals surface area contributed by atoms with Crippen LogP contribution in [0.15, 0.2) is 42.7 Å². The van der Waals surface area contributed by atoms with Gasteiger partial charge in [-0.25, -0.2) is 9.97 Å². The summed E-state index contributed by atoms with van der Waals surface area (Å²) in [5, 5.41) is 17.7. The fourth-order valence-electron chi connectivity index (χ4n) is 2.57. The molecule has 3 rings (SSSR count). The SMILES string of the molecule is Cc1nn(CC(=O)Nc2cnc(-c3ccccc3)nc2)c(C)c1[N+](=O)[O-]. The number of carbonyl (C=O) groups excluding carboxylic acids is 1. The Balaban J connectivity index is 1.69. The highest BCUT2D eigenvalue weighted by Crippen LogP contribution is 2.21. The number of carbonyl (C=O) groups is 1. The van der Waals surface area contributed by atoms with E-state index in [4.69, 9.17) is 0 Å². The van der Waals surface area contributed by atoms with Gasteiger partial charge in [-0.1, -0.05) is 30.3 Å². The Labute approximate surface area is 148 Å². The van der Waals surface area contributed by atoms with Crippen LogP contribution in [0.2, 0.25) is 0 Å². The van der Waals surface area contributed by atoms with Crippen molar-refractivity contribution in [1.82, 2.24) is 19.7 Å². The van der Waals surface area contributed by atoms with Crippen LogP contribution in [0, 0.1) is 24.0 Å². The molecular formula is C17H16N6O3. The Morgan fingerprint density at radius 3 is 2.42 bits per heavy atom. The first-order chi connectivity index (χ1) is 12.5. The molecular weight excluding hydrogens is 336 g/mol. The second kappa shape index (κ2) is 7.09. The fourth-order valence-corrected chi connectivity index (χ4v) is 2.57. The Hall–Kier alpha value is -3.62. The van der Waals surface area contributed by atoms with Crippen molar-refractivity contribution in [3.63, 3.8) is 0 Å². The van der Waals surface area contributed by atoms with Crippen molar-refractivity contribution in [3.8, 4) is 11.4 Å². The number of hydrogen-bond acceptors (Lipinski definition) is 6. The standard InChI is InChI=1S/C17H16N6O3/c1-11-16(23(25)26)12(2)22(21-11)10-15(24)20-14-8-18-17(19-9-14)13-6-4-3-5-7-13/h3-9H,10H2,1-2H3,(H,20,24). The van der Waals surface area contributed by atoms with Crippen molar-refractivity contribution >= 4 is 17.3 Å². The number of hydrogen-bond donors (Lipinski definition) is 1. The predicted molar refractivity (Wildman–Crippen MR) is 94.5 cm³/mol. The summed E-state index contributed by atoms with van der Waals surface area (Å²) < 4.78 is 1.31. The highest BCUT2D eigenvalue weighted by molar-refractivity contribution is 5.90. The topological polar surface area (TPSA) is 116 Å². The number of nitrogens with one attached hydrogen (secondary N) is 1. The summed E-state index contributed by atoms with van der Waals surface area (Å²) in [6, 6.07) is 9.47. The summed E-state index contributed by atoms with van der Waals surface area (Å²) in [7, 11) is 0. The quantitative estimate of drug-likeness (QED) is 0.557. The van der Waals surface area contributed by atoms with E-state index < -0.39 is 4.92 Å². The van der Waals surface area contributed by atoms with E-state index in [0.717, 1.165) is 5.56 Å². The second-order valence-electron chi connectivity index (χ2n) is 5.64. The van der Waals surface area contributed by atoms with Gasteiger partial charge >= 0.3 is 5.69 Å². The molecule has 0 spiro atoms. The molecule has 1 aromatic carbocycles. The smallest absolute Gasteiger partial charge is 0.312 e. The van der Waals surface area contributed by atoms with Crippen LogP contribution in [-0.4, -0.2) is 30.6 Å². The second-order valence-corrected chi connectivity index (χ2v) is 5.64. The minimum atomic E-state index is -0.498. The molecule has 0 saturated heterocycles. The molecule has 0 aliphatic rings. The van der Waals surface area contributed by atoms with Crippen molar-refractivity contribution in [2.45, 2.75) is 20.4 Å². The van der Waals surface area contributed by atoms with E-state index in [1.165, 1.54) is 24.0 Å². The maximum atomic E-state index is 12.2. The largest absolute Gasteiger partial charge is 0.322 e. The highest BCUT2D eigenvalue weighted by atomic mass is 16.6. The first kappa shape index (κ1) is 17.2. The number of amides is 1. The van der Waals surface area contributed by atoms with Crippen LogP contribution < -0.4 is 5.32 Å². The molecule has 9 nitrogen and oxygen atoms in total. The molecule has 0 aliphatic heterocycles. The van der Waals surface area contributed by atoms with Crippen molar-refractivity contribution < 1.29 is 9.72 Å². The summed E-state index contributed by atoms with van der Waals surface area (Å²) in [5.41, 5.74) is 1.84. The molecule has 2 heterocycles. The van der Waals surface area contributed by atoms with Crippen molar-refractivity contribution in [1.29, 1.82) is 0 Å². The highest BCUT2D eigenvalue weighted by Gasteiger charge is 2.22. The monoisotopic (exact) mass is 352 g/mol. The van der Waals surface area contributed by atoms with E-state index in [0.29, 0.717) is 17.2 Å². The van der Waals surface area contributed by atoms with E-state index in [-0.39, 0.29) is 23.8 Å². The van der Waals surface area contributed by atoms with Gasteiger partial charge in [0.25, 0.3) is 0 Å². The number of rotatable bonds is 5. The van der Waals surface area contributed by atoms with Crippen LogP contribution in [0.25, 0.3) is 11.4 Å². The van der Waals surface area contributed by atoms with Crippen molar-refractivity contribution in [2.75, 3.05) is 5.32 Å². The van der Waals surface area contributed by atoms with Gasteiger partial charge in [-0.15, -0.1) is 0 Å². The van der Waals surface area contributed by atoms with Gasteiger partial charge in [0.05, 0.1) is 23.0 Å². The molecule has 9 heteroatoms. The third kappa shape index (κ3) is 3.56. The Morgan fingerprint density at radius 2 is 1.85 bits per heavy atom. The van der Waals surface area contributed by atoms with Gasteiger partial charge in [-0.05, 0) is 13.8 Å². The number of nitrogens with zero attached hydrogens (tertiary/aromatic N) is 5. The third-order valence-corrected chi connectivity index (χ3v) is 3.79. The van der Waals surface area contributed by atoms with Crippen LogP contribution in [0.1, 0.15) is 11.4 Å². The molecule has 0 fully saturated rings. The molecule has 26 heavy (non-hydrogen) atoms. The van der Waals surface area contributed by atoms with Crippen LogP contribution in [0.4, 0.5) is 11.4 Å². The van der Waals surface area contributed by atoms with E-state index in [1.54, 1.807) is 6.92 Å². The van der Waals surface area contributed by atoms with Gasteiger partial charge in [0.15, 0.2) is 5.82 Å². The molecule has 0 aliphatic carbocycles. The molecule has 3 aromatic rings. The van der Waals surface area contributed by atoms with Crippen LogP contribution in [0.3, 0.4) is 0 Å². The predicted octanol–water partition coefficient (Wildman–Crippen LogP) is 2.50. The first-order valence-electron chi connectivity index (χ1n) is 7.81. The Bertz CT molecular complexity index is 951. The van der Waals surface area contributed by atoms with Gasteiger partial charge in [0, 0.05) is 5.56 Å². The molecule has 1 amide bonds. The Kier molecular flexibility index (Phi) is 4.70. The molecule has 1 N–H and O–H groups in total. The van der Waals surface area contributed by atoms with Gasteiger partial charge < -0.3 is 5.32 Å². The van der Waals surface area contributed by atoms with E-state index in [1.807, 2.05) is 30.3 Å². The van der Waals surface area contributed by atoms with Crippen molar-refractivity contribution in [2.24, 2.45) is 0 Å². The number of benzene rings is 1. The minimum absolute atomic E-state index is 0.0756. The number of nitro groups is 1. The maximum absolute atomic E-state index is 12.2. The lowest BCUT2D eigenvalue weighted by Gasteiger charge is -2.06. The molecule has 0 atom stereocenters. The minimum Gasteiger partial charge on any atom is -0.322 e. The molecule has 0 unspecified atom stereocenters. The zero-order valence-electron chi connectivity index (χ0n) is 14.2. The molecule has 2 aromatic heterocycles. The fraction of sp³-hybridized carbons (Fsp3) is 0.176. The lowest BCUT2D eigenvalue weighted by atomic mass is 10.2. The normalized spacial score (nSPS) is 10.5. The van der Waals surface area contributed by atoms with Crippen LogP contribution in [-0.2, 0) is 11.3 Å². The van der Waals surface area contributed by atoms with Crippen LogP contribution in [0.5, 0.6) is 0 Å². The summed E-state index contributed by atoms with van der Waals surface area (Å²) >= 11 is 0. The third-order valence-electron chi connectivity index (χ3n) is 3.79. The Morgan fingerprint density at radius 1 is 1.19 bits per heavy atom. The molecule has 0 bridgehead atoms. The number of anilines is 1. The summed E-state index contributed by atoms with van der Waals surface area (Å²) in [4.78, 5) is 31.2. The average Bonchev–Trinajstić information content (AvgIpc) is 2.89. The average molecular weight is 352 g/mol. The van der Waals surface area contributed by atoms with E-state index in [2.05, 4.69) is 20.4 Å². The molecule has 0 radical (unpaired) electrons. The van der Waals surface area contributed by atoms with E-state index in [9.17, 15) is 14.9 Å². The summed E-state index contributed by atoms with van der Waals surface area (Å²) in [6.07, 6.45) is 3.02.